The third-order valence-corrected chi connectivity index (χ3v) is 3.17. The first-order chi connectivity index (χ1) is 10.3. The minimum atomic E-state index is 0. The molecule has 1 aromatic heterocycles. The largest absolute Gasteiger partial charge is 0.320 e. The molecular formula is C16H39N5. The number of aryl methyl sites for hydroxylation is 2. The van der Waals surface area contributed by atoms with Crippen LogP contribution in [-0.4, -0.2) is 41.7 Å². The van der Waals surface area contributed by atoms with Crippen LogP contribution in [0.4, 0.5) is 0 Å². The molecular weight excluding hydrogens is 262 g/mol. The van der Waals surface area contributed by atoms with Gasteiger partial charge in [-0.3, -0.25) is 4.68 Å². The lowest BCUT2D eigenvalue weighted by molar-refractivity contribution is 0.514. The molecule has 5 nitrogen and oxygen atoms in total. The number of aromatic nitrogens is 3. The molecule has 0 unspecified atom stereocenters. The van der Waals surface area contributed by atoms with Gasteiger partial charge in [-0.1, -0.05) is 31.9 Å². The van der Waals surface area contributed by atoms with E-state index in [1.807, 2.05) is 38.7 Å². The van der Waals surface area contributed by atoms with Crippen molar-refractivity contribution in [1.29, 1.82) is 0 Å². The first-order valence-corrected chi connectivity index (χ1v) is 8.55. The molecule has 2 N–H and O–H groups in total. The molecule has 1 rings (SSSR count). The molecule has 0 aromatic carbocycles. The smallest absolute Gasteiger partial charge is 0.0796 e. The standard InChI is InChI=1S/C14H29N5.C2H6.2H2/c1-14-13-19(18-17-14)12-8-7-11-16-10-6-4-3-5-9-15-2;1-2;;/h13,15-16H,3-12H2,1-2H3;1-2H3;2*1H. The molecule has 1 aromatic rings. The Morgan fingerprint density at radius 3 is 2.19 bits per heavy atom. The van der Waals surface area contributed by atoms with Crippen LogP contribution >= 0.6 is 0 Å². The van der Waals surface area contributed by atoms with Gasteiger partial charge in [-0.25, -0.2) is 0 Å². The first kappa shape index (κ1) is 20.1. The van der Waals surface area contributed by atoms with Gasteiger partial charge in [-0.05, 0) is 59.3 Å². The van der Waals surface area contributed by atoms with Gasteiger partial charge in [0, 0.05) is 15.6 Å². The third-order valence-electron chi connectivity index (χ3n) is 3.17. The predicted molar refractivity (Wildman–Crippen MR) is 94.8 cm³/mol. The van der Waals surface area contributed by atoms with Crippen LogP contribution < -0.4 is 10.6 Å². The summed E-state index contributed by atoms with van der Waals surface area (Å²) in [6.07, 6.45) is 9.65. The number of hydrogen-bond acceptors (Lipinski definition) is 4. The van der Waals surface area contributed by atoms with Crippen molar-refractivity contribution < 1.29 is 2.85 Å². The molecule has 0 saturated heterocycles. The summed E-state index contributed by atoms with van der Waals surface area (Å²) in [6.45, 7) is 10.4. The van der Waals surface area contributed by atoms with E-state index in [4.69, 9.17) is 0 Å². The zero-order chi connectivity index (χ0) is 15.8. The van der Waals surface area contributed by atoms with E-state index in [2.05, 4.69) is 20.9 Å². The Labute approximate surface area is 133 Å². The fourth-order valence-corrected chi connectivity index (χ4v) is 2.06. The Balaban J connectivity index is -0.000000960. The lowest BCUT2D eigenvalue weighted by Crippen LogP contribution is -2.17. The van der Waals surface area contributed by atoms with Gasteiger partial charge in [-0.15, -0.1) is 5.10 Å². The normalized spacial score (nSPS) is 10.3. The summed E-state index contributed by atoms with van der Waals surface area (Å²) in [5, 5.41) is 14.7. The Bertz CT molecular complexity index is 321. The van der Waals surface area contributed by atoms with Crippen molar-refractivity contribution in [2.24, 2.45) is 0 Å². The number of hydrogen-bond donors (Lipinski definition) is 2. The van der Waals surface area contributed by atoms with Crippen molar-refractivity contribution in [3.8, 4) is 0 Å². The summed E-state index contributed by atoms with van der Waals surface area (Å²) >= 11 is 0. The summed E-state index contributed by atoms with van der Waals surface area (Å²) in [5.74, 6) is 0. The second-order valence-corrected chi connectivity index (χ2v) is 5.10. The predicted octanol–water partition coefficient (Wildman–Crippen LogP) is 3.25. The maximum absolute atomic E-state index is 4.04. The molecule has 0 bridgehead atoms. The summed E-state index contributed by atoms with van der Waals surface area (Å²) in [7, 11) is 2.02. The van der Waals surface area contributed by atoms with Crippen LogP contribution in [0.15, 0.2) is 6.20 Å². The molecule has 1 heterocycles. The van der Waals surface area contributed by atoms with E-state index >= 15 is 0 Å². The van der Waals surface area contributed by atoms with Crippen molar-refractivity contribution in [3.63, 3.8) is 0 Å². The number of nitrogens with zero attached hydrogens (tertiary/aromatic N) is 3. The fraction of sp³-hybridized carbons (Fsp3) is 0.875. The van der Waals surface area contributed by atoms with Crippen LogP contribution in [-0.2, 0) is 6.54 Å². The van der Waals surface area contributed by atoms with Crippen LogP contribution in [0.3, 0.4) is 0 Å². The molecule has 0 fully saturated rings. The van der Waals surface area contributed by atoms with Gasteiger partial charge < -0.3 is 10.6 Å². The van der Waals surface area contributed by atoms with Crippen molar-refractivity contribution in [2.75, 3.05) is 26.7 Å². The average molecular weight is 302 g/mol. The Kier molecular flexibility index (Phi) is 14.8. The summed E-state index contributed by atoms with van der Waals surface area (Å²) in [5.41, 5.74) is 0.997. The van der Waals surface area contributed by atoms with Crippen LogP contribution in [0.1, 0.15) is 60.9 Å². The topological polar surface area (TPSA) is 54.8 Å². The SMILES string of the molecule is CC.CNCCCCCCNCCCCn1cc(C)nn1.[HH].[HH]. The lowest BCUT2D eigenvalue weighted by Gasteiger charge is -2.05. The van der Waals surface area contributed by atoms with Crippen molar-refractivity contribution >= 4 is 0 Å². The van der Waals surface area contributed by atoms with Crippen LogP contribution in [0, 0.1) is 6.92 Å². The quantitative estimate of drug-likeness (QED) is 0.582. The Morgan fingerprint density at radius 1 is 1.00 bits per heavy atom. The highest BCUT2D eigenvalue weighted by Gasteiger charge is 1.95. The maximum Gasteiger partial charge on any atom is 0.0796 e. The number of rotatable bonds is 12. The van der Waals surface area contributed by atoms with Gasteiger partial charge >= 0.3 is 0 Å². The van der Waals surface area contributed by atoms with Gasteiger partial charge in [0.05, 0.1) is 5.69 Å². The molecule has 0 amide bonds. The molecule has 0 saturated carbocycles. The van der Waals surface area contributed by atoms with Gasteiger partial charge in [0.2, 0.25) is 0 Å². The van der Waals surface area contributed by atoms with E-state index in [1.54, 1.807) is 0 Å². The summed E-state index contributed by atoms with van der Waals surface area (Å²) in [6, 6.07) is 0. The van der Waals surface area contributed by atoms with E-state index in [9.17, 15) is 0 Å². The van der Waals surface area contributed by atoms with Crippen LogP contribution in [0.2, 0.25) is 0 Å². The average Bonchev–Trinajstić information content (AvgIpc) is 2.92. The third kappa shape index (κ3) is 12.5. The van der Waals surface area contributed by atoms with Gasteiger partial charge in [-0.2, -0.15) is 0 Å². The van der Waals surface area contributed by atoms with E-state index in [1.165, 1.54) is 32.1 Å². The highest BCUT2D eigenvalue weighted by Crippen LogP contribution is 1.98. The molecule has 21 heavy (non-hydrogen) atoms. The fourth-order valence-electron chi connectivity index (χ4n) is 2.06. The minimum Gasteiger partial charge on any atom is -0.320 e. The van der Waals surface area contributed by atoms with E-state index < -0.39 is 0 Å². The van der Waals surface area contributed by atoms with Gasteiger partial charge in [0.15, 0.2) is 0 Å². The molecule has 0 aliphatic heterocycles. The highest BCUT2D eigenvalue weighted by atomic mass is 15.4. The van der Waals surface area contributed by atoms with Gasteiger partial charge in [0.1, 0.15) is 0 Å². The molecule has 5 heteroatoms. The van der Waals surface area contributed by atoms with E-state index in [0.29, 0.717) is 0 Å². The van der Waals surface area contributed by atoms with Gasteiger partial charge in [0.25, 0.3) is 0 Å². The first-order valence-electron chi connectivity index (χ1n) is 8.55. The summed E-state index contributed by atoms with van der Waals surface area (Å²) < 4.78 is 1.93. The summed E-state index contributed by atoms with van der Waals surface area (Å²) in [4.78, 5) is 0. The molecule has 0 radical (unpaired) electrons. The van der Waals surface area contributed by atoms with Crippen molar-refractivity contribution in [1.82, 2.24) is 25.6 Å². The van der Waals surface area contributed by atoms with Crippen LogP contribution in [0.5, 0.6) is 0 Å². The van der Waals surface area contributed by atoms with Crippen molar-refractivity contribution in [3.05, 3.63) is 11.9 Å². The highest BCUT2D eigenvalue weighted by molar-refractivity contribution is 4.86. The number of unbranched alkanes of at least 4 members (excludes halogenated alkanes) is 4. The lowest BCUT2D eigenvalue weighted by atomic mass is 10.2. The number of nitrogens with one attached hydrogen (secondary N) is 2. The van der Waals surface area contributed by atoms with Crippen molar-refractivity contribution in [2.45, 2.75) is 65.8 Å². The monoisotopic (exact) mass is 301 g/mol. The molecule has 0 spiro atoms. The molecule has 0 aliphatic rings. The maximum atomic E-state index is 4.04. The Morgan fingerprint density at radius 2 is 1.62 bits per heavy atom. The zero-order valence-electron chi connectivity index (χ0n) is 14.5. The molecule has 0 aliphatic carbocycles. The zero-order valence-corrected chi connectivity index (χ0v) is 14.5. The van der Waals surface area contributed by atoms with Crippen LogP contribution in [0.25, 0.3) is 0 Å². The molecule has 0 atom stereocenters. The van der Waals surface area contributed by atoms with E-state index in [0.717, 1.165) is 38.3 Å². The second-order valence-electron chi connectivity index (χ2n) is 5.10. The Hall–Kier alpha value is -0.940. The molecule has 128 valence electrons. The van der Waals surface area contributed by atoms with E-state index in [-0.39, 0.29) is 2.85 Å². The second kappa shape index (κ2) is 15.4. The minimum absolute atomic E-state index is 0.